The molecule has 0 atom stereocenters. The van der Waals surface area contributed by atoms with Gasteiger partial charge in [0, 0.05) is 25.2 Å². The number of amides is 1. The van der Waals surface area contributed by atoms with E-state index in [1.165, 1.54) is 12.8 Å². The zero-order chi connectivity index (χ0) is 17.1. The number of piperidine rings is 1. The van der Waals surface area contributed by atoms with Gasteiger partial charge in [0.15, 0.2) is 0 Å². The predicted molar refractivity (Wildman–Crippen MR) is 91.7 cm³/mol. The van der Waals surface area contributed by atoms with Gasteiger partial charge in [0.25, 0.3) is 0 Å². The van der Waals surface area contributed by atoms with Gasteiger partial charge in [-0.15, -0.1) is 0 Å². The lowest BCUT2D eigenvalue weighted by Gasteiger charge is -2.30. The Bertz CT molecular complexity index is 705. The summed E-state index contributed by atoms with van der Waals surface area (Å²) in [7, 11) is 0. The standard InChI is InChI=1S/C18H23N5O2/c24-16(12-19-11-13-4-5-13)23-9-6-14(7-10-23)18-21-17(22-25-18)15-3-1-2-8-20-15/h1-3,8,13-14,19H,4-7,9-12H2. The molecule has 2 aromatic rings. The van der Waals surface area contributed by atoms with Crippen molar-refractivity contribution in [3.63, 3.8) is 0 Å². The number of likely N-dealkylation sites (tertiary alicyclic amines) is 1. The van der Waals surface area contributed by atoms with Gasteiger partial charge in [0.05, 0.1) is 6.54 Å². The van der Waals surface area contributed by atoms with Gasteiger partial charge in [0.2, 0.25) is 17.6 Å². The minimum Gasteiger partial charge on any atom is -0.342 e. The molecule has 0 spiro atoms. The van der Waals surface area contributed by atoms with Gasteiger partial charge in [-0.05, 0) is 50.3 Å². The molecule has 4 rings (SSSR count). The first-order valence-corrected chi connectivity index (χ1v) is 9.03. The maximum atomic E-state index is 12.2. The Kier molecular flexibility index (Phi) is 4.74. The Morgan fingerprint density at radius 2 is 2.08 bits per heavy atom. The molecule has 0 bridgehead atoms. The van der Waals surface area contributed by atoms with Crippen LogP contribution in [0, 0.1) is 5.92 Å². The van der Waals surface area contributed by atoms with Crippen molar-refractivity contribution in [1.82, 2.24) is 25.3 Å². The minimum atomic E-state index is 0.193. The summed E-state index contributed by atoms with van der Waals surface area (Å²) in [6.07, 6.45) is 6.04. The molecule has 2 aliphatic rings. The summed E-state index contributed by atoms with van der Waals surface area (Å²) >= 11 is 0. The lowest BCUT2D eigenvalue weighted by atomic mass is 9.96. The van der Waals surface area contributed by atoms with E-state index >= 15 is 0 Å². The minimum absolute atomic E-state index is 0.193. The second kappa shape index (κ2) is 7.31. The van der Waals surface area contributed by atoms with Crippen molar-refractivity contribution < 1.29 is 9.32 Å². The average molecular weight is 341 g/mol. The molecule has 0 radical (unpaired) electrons. The highest BCUT2D eigenvalue weighted by Crippen LogP contribution is 2.29. The van der Waals surface area contributed by atoms with Gasteiger partial charge in [0.1, 0.15) is 5.69 Å². The fraction of sp³-hybridized carbons (Fsp3) is 0.556. The molecule has 3 heterocycles. The van der Waals surface area contributed by atoms with Gasteiger partial charge in [-0.25, -0.2) is 0 Å². The zero-order valence-electron chi connectivity index (χ0n) is 14.2. The van der Waals surface area contributed by atoms with Crippen LogP contribution in [0.3, 0.4) is 0 Å². The number of carbonyl (C=O) groups is 1. The van der Waals surface area contributed by atoms with Crippen molar-refractivity contribution in [3.05, 3.63) is 30.3 Å². The molecular weight excluding hydrogens is 318 g/mol. The fourth-order valence-electron chi connectivity index (χ4n) is 3.19. The fourth-order valence-corrected chi connectivity index (χ4v) is 3.19. The van der Waals surface area contributed by atoms with E-state index in [1.54, 1.807) is 6.20 Å². The normalized spacial score (nSPS) is 18.5. The van der Waals surface area contributed by atoms with Crippen LogP contribution in [-0.2, 0) is 4.79 Å². The SMILES string of the molecule is O=C(CNCC1CC1)N1CCC(c2nc(-c3ccccn3)no2)CC1. The van der Waals surface area contributed by atoms with Gasteiger partial charge < -0.3 is 14.7 Å². The topological polar surface area (TPSA) is 84.2 Å². The summed E-state index contributed by atoms with van der Waals surface area (Å²) in [6, 6.07) is 5.63. The Morgan fingerprint density at radius 3 is 2.80 bits per heavy atom. The van der Waals surface area contributed by atoms with E-state index in [9.17, 15) is 4.79 Å². The molecule has 1 aliphatic carbocycles. The number of pyridine rings is 1. The van der Waals surface area contributed by atoms with Crippen molar-refractivity contribution in [2.24, 2.45) is 5.92 Å². The number of nitrogens with one attached hydrogen (secondary N) is 1. The van der Waals surface area contributed by atoms with E-state index in [4.69, 9.17) is 4.52 Å². The van der Waals surface area contributed by atoms with E-state index in [0.29, 0.717) is 24.0 Å². The first-order valence-electron chi connectivity index (χ1n) is 9.03. The summed E-state index contributed by atoms with van der Waals surface area (Å²) in [5.41, 5.74) is 0.715. The maximum Gasteiger partial charge on any atom is 0.236 e. The predicted octanol–water partition coefficient (Wildman–Crippen LogP) is 1.84. The monoisotopic (exact) mass is 341 g/mol. The molecule has 1 N–H and O–H groups in total. The van der Waals surface area contributed by atoms with Crippen LogP contribution in [0.5, 0.6) is 0 Å². The summed E-state index contributed by atoms with van der Waals surface area (Å²) in [6.45, 7) is 2.91. The van der Waals surface area contributed by atoms with E-state index in [0.717, 1.165) is 38.4 Å². The molecule has 2 aromatic heterocycles. The molecule has 7 heteroatoms. The van der Waals surface area contributed by atoms with E-state index in [1.807, 2.05) is 23.1 Å². The summed E-state index contributed by atoms with van der Waals surface area (Å²) in [5.74, 6) is 2.38. The first-order chi connectivity index (χ1) is 12.3. The van der Waals surface area contributed by atoms with Gasteiger partial charge in [-0.2, -0.15) is 4.98 Å². The largest absolute Gasteiger partial charge is 0.342 e. The molecule has 1 saturated carbocycles. The smallest absolute Gasteiger partial charge is 0.236 e. The van der Waals surface area contributed by atoms with Crippen molar-refractivity contribution in [2.45, 2.75) is 31.6 Å². The lowest BCUT2D eigenvalue weighted by molar-refractivity contribution is -0.131. The highest BCUT2D eigenvalue weighted by molar-refractivity contribution is 5.78. The summed E-state index contributed by atoms with van der Waals surface area (Å²) in [5, 5.41) is 7.31. The Hall–Kier alpha value is -2.28. The third-order valence-electron chi connectivity index (χ3n) is 4.94. The van der Waals surface area contributed by atoms with Crippen molar-refractivity contribution >= 4 is 5.91 Å². The zero-order valence-corrected chi connectivity index (χ0v) is 14.2. The van der Waals surface area contributed by atoms with Crippen LogP contribution in [0.4, 0.5) is 0 Å². The Labute approximate surface area is 146 Å². The molecule has 25 heavy (non-hydrogen) atoms. The molecule has 1 saturated heterocycles. The summed E-state index contributed by atoms with van der Waals surface area (Å²) < 4.78 is 5.44. The van der Waals surface area contributed by atoms with E-state index < -0.39 is 0 Å². The number of rotatable bonds is 6. The lowest BCUT2D eigenvalue weighted by Crippen LogP contribution is -2.42. The van der Waals surface area contributed by atoms with E-state index in [-0.39, 0.29) is 11.8 Å². The highest BCUT2D eigenvalue weighted by atomic mass is 16.5. The number of hydrogen-bond donors (Lipinski definition) is 1. The molecule has 0 unspecified atom stereocenters. The Balaban J connectivity index is 1.28. The number of hydrogen-bond acceptors (Lipinski definition) is 6. The second-order valence-corrected chi connectivity index (χ2v) is 6.90. The molecule has 0 aromatic carbocycles. The third-order valence-corrected chi connectivity index (χ3v) is 4.94. The summed E-state index contributed by atoms with van der Waals surface area (Å²) in [4.78, 5) is 22.9. The maximum absolute atomic E-state index is 12.2. The van der Waals surface area contributed by atoms with Crippen molar-refractivity contribution in [3.8, 4) is 11.5 Å². The molecule has 7 nitrogen and oxygen atoms in total. The average Bonchev–Trinajstić information content (AvgIpc) is 3.35. The van der Waals surface area contributed by atoms with Gasteiger partial charge in [-0.3, -0.25) is 9.78 Å². The van der Waals surface area contributed by atoms with Crippen LogP contribution in [-0.4, -0.2) is 52.1 Å². The van der Waals surface area contributed by atoms with Gasteiger partial charge >= 0.3 is 0 Å². The molecule has 132 valence electrons. The molecule has 1 aliphatic heterocycles. The quantitative estimate of drug-likeness (QED) is 0.863. The first kappa shape index (κ1) is 16.2. The number of aromatic nitrogens is 3. The van der Waals surface area contributed by atoms with Crippen molar-refractivity contribution in [2.75, 3.05) is 26.2 Å². The van der Waals surface area contributed by atoms with Gasteiger partial charge in [-0.1, -0.05) is 11.2 Å². The van der Waals surface area contributed by atoms with E-state index in [2.05, 4.69) is 20.4 Å². The number of nitrogens with zero attached hydrogens (tertiary/aromatic N) is 4. The highest BCUT2D eigenvalue weighted by Gasteiger charge is 2.28. The van der Waals surface area contributed by atoms with Crippen molar-refractivity contribution in [1.29, 1.82) is 0 Å². The van der Waals surface area contributed by atoms with Crippen LogP contribution in [0.25, 0.3) is 11.5 Å². The second-order valence-electron chi connectivity index (χ2n) is 6.90. The van der Waals surface area contributed by atoms with Crippen LogP contribution < -0.4 is 5.32 Å². The van der Waals surface area contributed by atoms with Crippen LogP contribution in [0.1, 0.15) is 37.5 Å². The van der Waals surface area contributed by atoms with Crippen LogP contribution >= 0.6 is 0 Å². The van der Waals surface area contributed by atoms with Crippen LogP contribution in [0.15, 0.2) is 28.9 Å². The molecule has 2 fully saturated rings. The Morgan fingerprint density at radius 1 is 1.24 bits per heavy atom. The number of carbonyl (C=O) groups excluding carboxylic acids is 1. The van der Waals surface area contributed by atoms with Crippen LogP contribution in [0.2, 0.25) is 0 Å². The molecule has 1 amide bonds. The third kappa shape index (κ3) is 4.04. The molecular formula is C18H23N5O2.